The zero-order valence-electron chi connectivity index (χ0n) is 10.7. The highest BCUT2D eigenvalue weighted by Crippen LogP contribution is 2.55. The first-order valence-corrected chi connectivity index (χ1v) is 5.17. The predicted octanol–water partition coefficient (Wildman–Crippen LogP) is 2.93. The summed E-state index contributed by atoms with van der Waals surface area (Å²) >= 11 is 0. The van der Waals surface area contributed by atoms with Gasteiger partial charge in [-0.25, -0.2) is 4.79 Å². The lowest BCUT2D eigenvalue weighted by Gasteiger charge is -2.40. The number of rotatable bonds is 6. The Balaban J connectivity index is 5.68. The fourth-order valence-electron chi connectivity index (χ4n) is 1.07. The lowest BCUT2D eigenvalue weighted by atomic mass is 9.89. The Labute approximate surface area is 117 Å². The van der Waals surface area contributed by atoms with Crippen LogP contribution in [0.15, 0.2) is 12.7 Å². The summed E-state index contributed by atoms with van der Waals surface area (Å²) in [5.74, 6) is -21.9. The smallest absolute Gasteiger partial charge is 0.459 e. The average Bonchev–Trinajstić information content (AvgIpc) is 2.33. The molecule has 22 heavy (non-hydrogen) atoms. The first-order valence-electron chi connectivity index (χ1n) is 5.17. The maximum absolute atomic E-state index is 13.4. The van der Waals surface area contributed by atoms with Gasteiger partial charge in [0.05, 0.1) is 0 Å². The first kappa shape index (κ1) is 20.5. The highest BCUT2D eigenvalue weighted by molar-refractivity contribution is 5.81. The number of ether oxygens (including phenoxy) is 1. The number of aliphatic hydroxyl groups is 1. The Morgan fingerprint density at radius 2 is 1.41 bits per heavy atom. The van der Waals surface area contributed by atoms with Crippen LogP contribution in [0.2, 0.25) is 0 Å². The second kappa shape index (κ2) is 5.63. The van der Waals surface area contributed by atoms with Gasteiger partial charge in [-0.15, -0.1) is 0 Å². The van der Waals surface area contributed by atoms with E-state index in [-0.39, 0.29) is 6.92 Å². The molecule has 0 aliphatic rings. The molecule has 0 rings (SSSR count). The van der Waals surface area contributed by atoms with Crippen LogP contribution in [0.5, 0.6) is 0 Å². The Kier molecular flexibility index (Phi) is 5.26. The van der Waals surface area contributed by atoms with Gasteiger partial charge in [-0.3, -0.25) is 0 Å². The molecular formula is C10H9F9O3. The molecular weight excluding hydrogens is 339 g/mol. The molecule has 130 valence electrons. The van der Waals surface area contributed by atoms with E-state index in [1.807, 2.05) is 0 Å². The number of esters is 1. The van der Waals surface area contributed by atoms with Crippen LogP contribution in [0, 0.1) is 0 Å². The molecule has 0 radical (unpaired) electrons. The molecule has 0 bridgehead atoms. The average molecular weight is 348 g/mol. The summed E-state index contributed by atoms with van der Waals surface area (Å²) < 4.78 is 117. The minimum Gasteiger partial charge on any atom is -0.459 e. The van der Waals surface area contributed by atoms with Crippen LogP contribution >= 0.6 is 0 Å². The van der Waals surface area contributed by atoms with Crippen molar-refractivity contribution in [3.63, 3.8) is 0 Å². The lowest BCUT2D eigenvalue weighted by Crippen LogP contribution is -2.68. The van der Waals surface area contributed by atoms with Crippen molar-refractivity contribution >= 4 is 5.97 Å². The van der Waals surface area contributed by atoms with Gasteiger partial charge in [0.25, 0.3) is 0 Å². The molecule has 0 amide bonds. The van der Waals surface area contributed by atoms with Crippen LogP contribution in [-0.4, -0.2) is 47.2 Å². The monoisotopic (exact) mass is 348 g/mol. The van der Waals surface area contributed by atoms with Crippen LogP contribution in [0.3, 0.4) is 0 Å². The van der Waals surface area contributed by atoms with E-state index in [0.717, 1.165) is 0 Å². The molecule has 0 spiro atoms. The quantitative estimate of drug-likeness (QED) is 0.456. The standard InChI is InChI=1S/C10H9F9O3/c1-3-5(20)22-4-6(2,21)7(11,12)8(13,14)9(15,16)10(17,18)19/h3,21H,1,4H2,2H3. The maximum atomic E-state index is 13.4. The van der Waals surface area contributed by atoms with E-state index in [1.54, 1.807) is 0 Å². The van der Waals surface area contributed by atoms with Crippen molar-refractivity contribution < 1.29 is 54.2 Å². The van der Waals surface area contributed by atoms with E-state index < -0.39 is 42.1 Å². The fourth-order valence-corrected chi connectivity index (χ4v) is 1.07. The largest absolute Gasteiger partial charge is 0.460 e. The second-order valence-electron chi connectivity index (χ2n) is 4.31. The summed E-state index contributed by atoms with van der Waals surface area (Å²) in [6.45, 7) is 0.615. The summed E-state index contributed by atoms with van der Waals surface area (Å²) in [5, 5.41) is 9.11. The van der Waals surface area contributed by atoms with E-state index in [4.69, 9.17) is 5.11 Å². The summed E-state index contributed by atoms with van der Waals surface area (Å²) in [6.07, 6.45) is -6.65. The van der Waals surface area contributed by atoms with Crippen molar-refractivity contribution in [1.82, 2.24) is 0 Å². The number of carbonyl (C=O) groups is 1. The number of alkyl halides is 9. The zero-order valence-corrected chi connectivity index (χ0v) is 10.7. The molecule has 0 aromatic heterocycles. The van der Waals surface area contributed by atoms with Gasteiger partial charge in [0.15, 0.2) is 5.60 Å². The van der Waals surface area contributed by atoms with E-state index in [9.17, 15) is 44.3 Å². The fraction of sp³-hybridized carbons (Fsp3) is 0.700. The van der Waals surface area contributed by atoms with Crippen LogP contribution < -0.4 is 0 Å². The molecule has 0 aromatic carbocycles. The third-order valence-electron chi connectivity index (χ3n) is 2.48. The topological polar surface area (TPSA) is 46.5 Å². The molecule has 1 unspecified atom stereocenters. The second-order valence-corrected chi connectivity index (χ2v) is 4.31. The van der Waals surface area contributed by atoms with Gasteiger partial charge in [-0.2, -0.15) is 39.5 Å². The molecule has 0 saturated carbocycles. The maximum Gasteiger partial charge on any atom is 0.460 e. The van der Waals surface area contributed by atoms with E-state index in [0.29, 0.717) is 6.08 Å². The van der Waals surface area contributed by atoms with Gasteiger partial charge >= 0.3 is 29.9 Å². The van der Waals surface area contributed by atoms with Crippen molar-refractivity contribution in [2.75, 3.05) is 6.61 Å². The molecule has 0 aliphatic carbocycles. The minimum atomic E-state index is -7.14. The van der Waals surface area contributed by atoms with Gasteiger partial charge in [0.2, 0.25) is 0 Å². The van der Waals surface area contributed by atoms with Crippen LogP contribution in [0.4, 0.5) is 39.5 Å². The molecule has 0 saturated heterocycles. The van der Waals surface area contributed by atoms with Crippen molar-refractivity contribution in [1.29, 1.82) is 0 Å². The molecule has 12 heteroatoms. The molecule has 1 atom stereocenters. The molecule has 0 heterocycles. The van der Waals surface area contributed by atoms with Crippen LogP contribution in [-0.2, 0) is 9.53 Å². The summed E-state index contributed by atoms with van der Waals surface area (Å²) in [7, 11) is 0. The van der Waals surface area contributed by atoms with Gasteiger partial charge in [-0.05, 0) is 6.92 Å². The Morgan fingerprint density at radius 3 is 1.73 bits per heavy atom. The number of hydrogen-bond acceptors (Lipinski definition) is 3. The SMILES string of the molecule is C=CC(=O)OCC(C)(O)C(F)(F)C(F)(F)C(F)(F)C(F)(F)F. The van der Waals surface area contributed by atoms with Crippen LogP contribution in [0.1, 0.15) is 6.92 Å². The van der Waals surface area contributed by atoms with E-state index in [1.165, 1.54) is 0 Å². The van der Waals surface area contributed by atoms with Gasteiger partial charge in [0.1, 0.15) is 6.61 Å². The Morgan fingerprint density at radius 1 is 1.00 bits per heavy atom. The molecule has 0 aliphatic heterocycles. The van der Waals surface area contributed by atoms with E-state index >= 15 is 0 Å². The minimum absolute atomic E-state index is 0.191. The number of carbonyl (C=O) groups excluding carboxylic acids is 1. The Bertz CT molecular complexity index is 439. The highest BCUT2D eigenvalue weighted by Gasteiger charge is 2.85. The molecule has 3 nitrogen and oxygen atoms in total. The third-order valence-corrected chi connectivity index (χ3v) is 2.48. The first-order chi connectivity index (χ1) is 9.45. The van der Waals surface area contributed by atoms with Crippen molar-refractivity contribution in [3.05, 3.63) is 12.7 Å². The normalized spacial score (nSPS) is 16.9. The van der Waals surface area contributed by atoms with Crippen LogP contribution in [0.25, 0.3) is 0 Å². The van der Waals surface area contributed by atoms with Gasteiger partial charge < -0.3 is 9.84 Å². The van der Waals surface area contributed by atoms with E-state index in [2.05, 4.69) is 11.3 Å². The highest BCUT2D eigenvalue weighted by atomic mass is 19.4. The number of hydrogen-bond donors (Lipinski definition) is 1. The summed E-state index contributed by atoms with van der Waals surface area (Å²) in [4.78, 5) is 10.6. The third kappa shape index (κ3) is 3.15. The van der Waals surface area contributed by atoms with Gasteiger partial charge in [0, 0.05) is 6.08 Å². The predicted molar refractivity (Wildman–Crippen MR) is 52.7 cm³/mol. The van der Waals surface area contributed by atoms with Crippen molar-refractivity contribution in [2.45, 2.75) is 36.5 Å². The van der Waals surface area contributed by atoms with Gasteiger partial charge in [-0.1, -0.05) is 6.58 Å². The lowest BCUT2D eigenvalue weighted by molar-refractivity contribution is -0.416. The molecule has 0 fully saturated rings. The van der Waals surface area contributed by atoms with Crippen molar-refractivity contribution in [2.24, 2.45) is 0 Å². The summed E-state index contributed by atoms with van der Waals surface area (Å²) in [6, 6.07) is 0. The molecule has 0 aromatic rings. The zero-order chi connectivity index (χ0) is 18.2. The van der Waals surface area contributed by atoms with Crippen molar-refractivity contribution in [3.8, 4) is 0 Å². The Hall–Kier alpha value is -1.46. The molecule has 1 N–H and O–H groups in total. The summed E-state index contributed by atoms with van der Waals surface area (Å²) in [5.41, 5.74) is -4.22. The number of halogens is 9.